The number of hydrogen-bond donors (Lipinski definition) is 1. The van der Waals surface area contributed by atoms with Gasteiger partial charge in [-0.05, 0) is 12.1 Å². The van der Waals surface area contributed by atoms with Gasteiger partial charge in [0.2, 0.25) is 0 Å². The molecule has 4 rings (SSSR count). The van der Waals surface area contributed by atoms with Gasteiger partial charge < -0.3 is 5.11 Å². The summed E-state index contributed by atoms with van der Waals surface area (Å²) in [5, 5.41) is 12.0. The van der Waals surface area contributed by atoms with E-state index in [9.17, 15) is 9.90 Å². The van der Waals surface area contributed by atoms with E-state index >= 15 is 0 Å². The normalized spacial score (nSPS) is 11.1. The minimum atomic E-state index is -1.06. The van der Waals surface area contributed by atoms with E-state index in [2.05, 4.69) is 15.0 Å². The third-order valence-corrected chi connectivity index (χ3v) is 3.99. The number of carboxylic acid groups (broad SMARTS) is 1. The van der Waals surface area contributed by atoms with Gasteiger partial charge in [-0.2, -0.15) is 0 Å². The van der Waals surface area contributed by atoms with Crippen LogP contribution in [-0.2, 0) is 0 Å². The fraction of sp³-hybridized carbons (Fsp3) is 0. The van der Waals surface area contributed by atoms with Gasteiger partial charge >= 0.3 is 5.97 Å². The summed E-state index contributed by atoms with van der Waals surface area (Å²) in [6, 6.07) is 5.32. The van der Waals surface area contributed by atoms with Gasteiger partial charge in [0.25, 0.3) is 0 Å². The quantitative estimate of drug-likeness (QED) is 0.627. The Balaban J connectivity index is 1.90. The first-order valence-corrected chi connectivity index (χ1v) is 7.26. The molecule has 0 spiro atoms. The number of imidazole rings is 2. The van der Waals surface area contributed by atoms with Gasteiger partial charge in [0, 0.05) is 24.0 Å². The molecule has 4 aromatic heterocycles. The number of nitrogens with zero attached hydrogens (tertiary/aromatic N) is 5. The van der Waals surface area contributed by atoms with Crippen molar-refractivity contribution in [1.29, 1.82) is 0 Å². The molecular formula is C14H9N5O2S. The van der Waals surface area contributed by atoms with E-state index in [1.54, 1.807) is 46.0 Å². The number of aromatic carboxylic acids is 1. The molecule has 8 heteroatoms. The van der Waals surface area contributed by atoms with Gasteiger partial charge in [-0.1, -0.05) is 6.07 Å². The molecule has 0 bridgehead atoms. The maximum atomic E-state index is 11.3. The van der Waals surface area contributed by atoms with Crippen LogP contribution < -0.4 is 0 Å². The standard InChI is InChI=1S/C14H9N5O2S/c20-13(21)11-10-3-1-2-5-19(10)12(17-11)9-7-18(8-16-9)14-15-4-6-22-14/h1-8H,(H,20,21). The maximum Gasteiger partial charge on any atom is 0.356 e. The van der Waals surface area contributed by atoms with Crippen molar-refractivity contribution in [2.75, 3.05) is 0 Å². The molecule has 0 aliphatic carbocycles. The molecule has 0 aliphatic rings. The van der Waals surface area contributed by atoms with Crippen LogP contribution in [-0.4, -0.2) is 35.0 Å². The van der Waals surface area contributed by atoms with E-state index in [-0.39, 0.29) is 5.69 Å². The highest BCUT2D eigenvalue weighted by Gasteiger charge is 2.18. The predicted molar refractivity (Wildman–Crippen MR) is 80.4 cm³/mol. The van der Waals surface area contributed by atoms with E-state index in [1.165, 1.54) is 11.3 Å². The minimum absolute atomic E-state index is 0.0133. The molecule has 0 saturated carbocycles. The third kappa shape index (κ3) is 1.89. The largest absolute Gasteiger partial charge is 0.476 e. The summed E-state index contributed by atoms with van der Waals surface area (Å²) in [5.74, 6) is -0.572. The zero-order valence-corrected chi connectivity index (χ0v) is 11.9. The van der Waals surface area contributed by atoms with E-state index in [0.29, 0.717) is 17.0 Å². The van der Waals surface area contributed by atoms with Crippen molar-refractivity contribution in [1.82, 2.24) is 23.9 Å². The summed E-state index contributed by atoms with van der Waals surface area (Å²) < 4.78 is 3.50. The van der Waals surface area contributed by atoms with Gasteiger partial charge in [-0.3, -0.25) is 8.97 Å². The fourth-order valence-corrected chi connectivity index (χ4v) is 2.85. The van der Waals surface area contributed by atoms with Crippen LogP contribution in [0.1, 0.15) is 10.5 Å². The summed E-state index contributed by atoms with van der Waals surface area (Å²) in [6.45, 7) is 0. The van der Waals surface area contributed by atoms with Gasteiger partial charge in [0.15, 0.2) is 16.6 Å². The predicted octanol–water partition coefficient (Wildman–Crippen LogP) is 2.34. The maximum absolute atomic E-state index is 11.3. The lowest BCUT2D eigenvalue weighted by atomic mass is 10.3. The van der Waals surface area contributed by atoms with Crippen molar-refractivity contribution < 1.29 is 9.90 Å². The Labute approximate surface area is 128 Å². The Hall–Kier alpha value is -3.00. The minimum Gasteiger partial charge on any atom is -0.476 e. The number of carbonyl (C=O) groups is 1. The van der Waals surface area contributed by atoms with Crippen LogP contribution in [0.15, 0.2) is 48.5 Å². The Morgan fingerprint density at radius 2 is 2.18 bits per heavy atom. The first-order valence-electron chi connectivity index (χ1n) is 6.38. The summed E-state index contributed by atoms with van der Waals surface area (Å²) in [4.78, 5) is 24.1. The molecule has 4 heterocycles. The molecule has 22 heavy (non-hydrogen) atoms. The van der Waals surface area contributed by atoms with Gasteiger partial charge in [0.1, 0.15) is 12.0 Å². The third-order valence-electron chi connectivity index (χ3n) is 3.20. The molecule has 0 amide bonds. The molecule has 1 N–H and O–H groups in total. The van der Waals surface area contributed by atoms with Gasteiger partial charge in [-0.25, -0.2) is 19.7 Å². The van der Waals surface area contributed by atoms with Crippen LogP contribution in [0.25, 0.3) is 22.2 Å². The first kappa shape index (κ1) is 12.7. The van der Waals surface area contributed by atoms with Crippen LogP contribution in [0.2, 0.25) is 0 Å². The highest BCUT2D eigenvalue weighted by Crippen LogP contribution is 2.23. The lowest BCUT2D eigenvalue weighted by Gasteiger charge is -1.97. The first-order chi connectivity index (χ1) is 10.7. The van der Waals surface area contributed by atoms with Gasteiger partial charge in [-0.15, -0.1) is 11.3 Å². The summed E-state index contributed by atoms with van der Waals surface area (Å²) >= 11 is 1.49. The van der Waals surface area contributed by atoms with Crippen LogP contribution in [0, 0.1) is 0 Å². The highest BCUT2D eigenvalue weighted by atomic mass is 32.1. The number of pyridine rings is 1. The van der Waals surface area contributed by atoms with E-state index < -0.39 is 5.97 Å². The lowest BCUT2D eigenvalue weighted by molar-refractivity contribution is 0.0693. The average Bonchev–Trinajstić information content (AvgIpc) is 3.25. The fourth-order valence-electron chi connectivity index (χ4n) is 2.26. The number of aromatic nitrogens is 5. The highest BCUT2D eigenvalue weighted by molar-refractivity contribution is 7.12. The van der Waals surface area contributed by atoms with Crippen molar-refractivity contribution in [3.63, 3.8) is 0 Å². The smallest absolute Gasteiger partial charge is 0.356 e. The number of thiazole rings is 1. The number of rotatable bonds is 3. The number of hydrogen-bond acceptors (Lipinski definition) is 5. The average molecular weight is 311 g/mol. The Kier molecular flexibility index (Phi) is 2.76. The zero-order chi connectivity index (χ0) is 15.1. The van der Waals surface area contributed by atoms with Gasteiger partial charge in [0.05, 0.1) is 5.52 Å². The van der Waals surface area contributed by atoms with Crippen molar-refractivity contribution in [2.45, 2.75) is 0 Å². The van der Waals surface area contributed by atoms with E-state index in [0.717, 1.165) is 5.13 Å². The monoisotopic (exact) mass is 311 g/mol. The van der Waals surface area contributed by atoms with Crippen molar-refractivity contribution in [3.8, 4) is 16.6 Å². The molecular weight excluding hydrogens is 302 g/mol. The second-order valence-electron chi connectivity index (χ2n) is 4.53. The zero-order valence-electron chi connectivity index (χ0n) is 11.1. The van der Waals surface area contributed by atoms with Crippen molar-refractivity contribution in [3.05, 3.63) is 54.2 Å². The summed E-state index contributed by atoms with van der Waals surface area (Å²) in [5.41, 5.74) is 1.14. The molecule has 4 aromatic rings. The number of carboxylic acids is 1. The molecule has 0 fully saturated rings. The Morgan fingerprint density at radius 3 is 2.95 bits per heavy atom. The van der Waals surface area contributed by atoms with Crippen LogP contribution in [0.4, 0.5) is 0 Å². The Bertz CT molecular complexity index is 970. The summed E-state index contributed by atoms with van der Waals surface area (Å²) in [7, 11) is 0. The molecule has 0 saturated heterocycles. The van der Waals surface area contributed by atoms with Crippen LogP contribution >= 0.6 is 11.3 Å². The second-order valence-corrected chi connectivity index (χ2v) is 5.40. The molecule has 108 valence electrons. The molecule has 0 aliphatic heterocycles. The molecule has 0 aromatic carbocycles. The van der Waals surface area contributed by atoms with Crippen molar-refractivity contribution >= 4 is 22.8 Å². The van der Waals surface area contributed by atoms with Crippen LogP contribution in [0.5, 0.6) is 0 Å². The summed E-state index contributed by atoms with van der Waals surface area (Å²) in [6.07, 6.45) is 6.91. The van der Waals surface area contributed by atoms with E-state index in [4.69, 9.17) is 0 Å². The SMILES string of the molecule is O=C(O)c1nc(-c2cn(-c3nccs3)cn2)n2ccccc12. The molecule has 0 radical (unpaired) electrons. The molecule has 0 unspecified atom stereocenters. The second kappa shape index (κ2) is 4.78. The van der Waals surface area contributed by atoms with Crippen molar-refractivity contribution in [2.24, 2.45) is 0 Å². The van der Waals surface area contributed by atoms with E-state index in [1.807, 2.05) is 11.4 Å². The number of fused-ring (bicyclic) bond motifs is 1. The lowest BCUT2D eigenvalue weighted by Crippen LogP contribution is -1.96. The van der Waals surface area contributed by atoms with Crippen LogP contribution in [0.3, 0.4) is 0 Å². The topological polar surface area (TPSA) is 85.3 Å². The molecule has 0 atom stereocenters. The molecule has 7 nitrogen and oxygen atoms in total. The Morgan fingerprint density at radius 1 is 1.27 bits per heavy atom.